The van der Waals surface area contributed by atoms with Crippen LogP contribution in [0, 0.1) is 0 Å². The van der Waals surface area contributed by atoms with Gasteiger partial charge in [0.2, 0.25) is 10.9 Å². The second kappa shape index (κ2) is 9.12. The summed E-state index contributed by atoms with van der Waals surface area (Å²) < 4.78 is 24.3. The minimum Gasteiger partial charge on any atom is -0.496 e. The number of ether oxygens (including phenoxy) is 4. The molecule has 0 fully saturated rings. The SMILES string of the molecule is COc1c2c3c4c(c(OC)c(=O)c5c6c(c(OC)c(c7c(OC)c8c(c(c1=O)c37)NCCS8)c54)CSCN6)CC(C)=C2. The summed E-state index contributed by atoms with van der Waals surface area (Å²) in [6.45, 7) is 2.73. The first kappa shape index (κ1) is 25.9. The molecule has 0 saturated carbocycles. The molecular formula is C32H28N2O6S2. The van der Waals surface area contributed by atoms with E-state index >= 15 is 0 Å². The predicted octanol–water partition coefficient (Wildman–Crippen LogP) is 6.02. The minimum absolute atomic E-state index is 0.151. The number of allylic oxidation sites excluding steroid dienone is 1. The predicted molar refractivity (Wildman–Crippen MR) is 174 cm³/mol. The van der Waals surface area contributed by atoms with Crippen LogP contribution in [-0.2, 0) is 12.2 Å². The Hall–Kier alpha value is -3.76. The molecule has 0 atom stereocenters. The van der Waals surface area contributed by atoms with Gasteiger partial charge in [-0.05, 0) is 18.7 Å². The zero-order valence-electron chi connectivity index (χ0n) is 23.9. The number of rotatable bonds is 4. The Balaban J connectivity index is 1.86. The molecule has 0 aromatic heterocycles. The van der Waals surface area contributed by atoms with Crippen LogP contribution in [0.15, 0.2) is 20.1 Å². The van der Waals surface area contributed by atoms with Gasteiger partial charge >= 0.3 is 0 Å². The molecule has 3 aliphatic rings. The molecule has 214 valence electrons. The molecule has 0 unspecified atom stereocenters. The van der Waals surface area contributed by atoms with Crippen LogP contribution in [0.25, 0.3) is 49.2 Å². The zero-order valence-corrected chi connectivity index (χ0v) is 25.5. The van der Waals surface area contributed by atoms with Crippen molar-refractivity contribution in [1.82, 2.24) is 0 Å². The molecule has 8 rings (SSSR count). The van der Waals surface area contributed by atoms with Crippen molar-refractivity contribution in [2.75, 3.05) is 57.2 Å². The Morgan fingerprint density at radius 3 is 2.10 bits per heavy atom. The molecule has 2 N–H and O–H groups in total. The van der Waals surface area contributed by atoms with Gasteiger partial charge in [-0.3, -0.25) is 9.59 Å². The average Bonchev–Trinajstić information content (AvgIpc) is 3.15. The summed E-state index contributed by atoms with van der Waals surface area (Å²) in [5.41, 5.74) is 4.67. The number of fused-ring (bicyclic) bond motifs is 5. The van der Waals surface area contributed by atoms with E-state index in [0.717, 1.165) is 77.6 Å². The van der Waals surface area contributed by atoms with Crippen molar-refractivity contribution in [3.8, 4) is 23.0 Å². The van der Waals surface area contributed by atoms with E-state index in [1.807, 2.05) is 13.0 Å². The van der Waals surface area contributed by atoms with E-state index < -0.39 is 0 Å². The van der Waals surface area contributed by atoms with E-state index in [0.29, 0.717) is 57.4 Å². The average molecular weight is 601 g/mol. The van der Waals surface area contributed by atoms with Gasteiger partial charge in [0.05, 0.1) is 61.4 Å². The molecule has 5 aromatic rings. The van der Waals surface area contributed by atoms with Crippen molar-refractivity contribution >= 4 is 84.1 Å². The van der Waals surface area contributed by atoms with Crippen LogP contribution in [0.4, 0.5) is 11.4 Å². The smallest absolute Gasteiger partial charge is 0.230 e. The van der Waals surface area contributed by atoms with E-state index in [9.17, 15) is 9.59 Å². The third-order valence-corrected chi connectivity index (χ3v) is 10.8. The molecule has 2 heterocycles. The topological polar surface area (TPSA) is 95.1 Å². The summed E-state index contributed by atoms with van der Waals surface area (Å²) in [5, 5.41) is 13.1. The van der Waals surface area contributed by atoms with E-state index in [2.05, 4.69) is 10.6 Å². The molecule has 0 spiro atoms. The van der Waals surface area contributed by atoms with Crippen molar-refractivity contribution in [2.24, 2.45) is 0 Å². The molecule has 2 aliphatic heterocycles. The second-order valence-corrected chi connectivity index (χ2v) is 12.9. The van der Waals surface area contributed by atoms with Crippen LogP contribution in [0.1, 0.15) is 23.6 Å². The van der Waals surface area contributed by atoms with Crippen molar-refractivity contribution in [2.45, 2.75) is 24.0 Å². The summed E-state index contributed by atoms with van der Waals surface area (Å²) in [7, 11) is 6.46. The van der Waals surface area contributed by atoms with Gasteiger partial charge in [-0.15, -0.1) is 23.5 Å². The van der Waals surface area contributed by atoms with Gasteiger partial charge in [-0.2, -0.15) is 0 Å². The van der Waals surface area contributed by atoms with Gasteiger partial charge in [-0.1, -0.05) is 11.6 Å². The van der Waals surface area contributed by atoms with Crippen LogP contribution in [0.2, 0.25) is 0 Å². The lowest BCUT2D eigenvalue weighted by Crippen LogP contribution is -2.19. The van der Waals surface area contributed by atoms with Gasteiger partial charge in [0, 0.05) is 61.7 Å². The molecule has 0 bridgehead atoms. The van der Waals surface area contributed by atoms with E-state index in [4.69, 9.17) is 18.9 Å². The Labute approximate surface area is 249 Å². The molecular weight excluding hydrogens is 572 g/mol. The Bertz CT molecular complexity index is 2180. The van der Waals surface area contributed by atoms with Crippen molar-refractivity contribution in [1.29, 1.82) is 0 Å². The second-order valence-electron chi connectivity index (χ2n) is 10.9. The van der Waals surface area contributed by atoms with Crippen LogP contribution in [0.3, 0.4) is 0 Å². The van der Waals surface area contributed by atoms with Gasteiger partial charge in [0.1, 0.15) is 11.5 Å². The van der Waals surface area contributed by atoms with E-state index in [1.165, 1.54) is 0 Å². The van der Waals surface area contributed by atoms with Crippen molar-refractivity contribution in [3.63, 3.8) is 0 Å². The maximum Gasteiger partial charge on any atom is 0.230 e. The molecule has 1 aliphatic carbocycles. The van der Waals surface area contributed by atoms with Crippen molar-refractivity contribution in [3.05, 3.63) is 42.7 Å². The summed E-state index contributed by atoms with van der Waals surface area (Å²) in [6.07, 6.45) is 2.52. The molecule has 10 heteroatoms. The highest BCUT2D eigenvalue weighted by molar-refractivity contribution is 7.99. The first-order valence-corrected chi connectivity index (χ1v) is 15.9. The fraction of sp³-hybridized carbons (Fsp3) is 0.312. The number of anilines is 2. The highest BCUT2D eigenvalue weighted by Crippen LogP contribution is 2.58. The largest absolute Gasteiger partial charge is 0.496 e. The normalized spacial score (nSPS) is 15.8. The number of methoxy groups -OCH3 is 4. The molecule has 5 aromatic carbocycles. The van der Waals surface area contributed by atoms with Crippen LogP contribution in [0.5, 0.6) is 23.0 Å². The summed E-state index contributed by atoms with van der Waals surface area (Å²) >= 11 is 3.39. The molecule has 0 radical (unpaired) electrons. The van der Waals surface area contributed by atoms with Gasteiger partial charge in [-0.25, -0.2) is 0 Å². The number of benzene rings is 5. The van der Waals surface area contributed by atoms with Crippen LogP contribution in [-0.4, -0.2) is 46.6 Å². The lowest BCUT2D eigenvalue weighted by molar-refractivity contribution is 0.407. The van der Waals surface area contributed by atoms with Gasteiger partial charge in [0.25, 0.3) is 0 Å². The monoisotopic (exact) mass is 600 g/mol. The highest BCUT2D eigenvalue weighted by Gasteiger charge is 2.36. The van der Waals surface area contributed by atoms with Gasteiger partial charge < -0.3 is 29.6 Å². The zero-order chi connectivity index (χ0) is 29.0. The van der Waals surface area contributed by atoms with E-state index in [-0.39, 0.29) is 10.9 Å². The number of nitrogens with one attached hydrogen (secondary N) is 2. The first-order chi connectivity index (χ1) is 20.5. The quantitative estimate of drug-likeness (QED) is 0.188. The standard InChI is InChI=1S/C32H28N2O6S2/c1-12-8-13-16-17-14(9-12)30(39-4)27(36)23-19(17)21(31(40-5)32-25(23)33-6-7-42-32)20-18(16)22(26(35)29(13)38-3)24-15(28(20)37-2)10-41-11-34-24/h9,33-34H,6-8,10-11H2,1-5H3. The first-order valence-electron chi connectivity index (χ1n) is 13.8. The minimum atomic E-state index is -0.171. The maximum absolute atomic E-state index is 14.5. The fourth-order valence-electron chi connectivity index (χ4n) is 7.41. The molecule has 42 heavy (non-hydrogen) atoms. The van der Waals surface area contributed by atoms with E-state index in [1.54, 1.807) is 52.0 Å². The van der Waals surface area contributed by atoms with Crippen molar-refractivity contribution < 1.29 is 18.9 Å². The summed E-state index contributed by atoms with van der Waals surface area (Å²) in [4.78, 5) is 29.8. The lowest BCUT2D eigenvalue weighted by Gasteiger charge is -2.29. The number of thioether (sulfide) groups is 2. The summed E-state index contributed by atoms with van der Waals surface area (Å²) in [6, 6.07) is 0. The van der Waals surface area contributed by atoms with Crippen LogP contribution < -0.4 is 40.4 Å². The van der Waals surface area contributed by atoms with Gasteiger partial charge in [0.15, 0.2) is 11.5 Å². The Morgan fingerprint density at radius 2 is 1.36 bits per heavy atom. The molecule has 0 saturated heterocycles. The maximum atomic E-state index is 14.5. The molecule has 8 nitrogen and oxygen atoms in total. The molecule has 0 amide bonds. The summed E-state index contributed by atoms with van der Waals surface area (Å²) in [5.74, 6) is 4.17. The van der Waals surface area contributed by atoms with Crippen LogP contribution >= 0.6 is 23.5 Å². The number of hydrogen-bond donors (Lipinski definition) is 2. The highest BCUT2D eigenvalue weighted by atomic mass is 32.2. The Kier molecular flexibility index (Phi) is 5.63. The fourth-order valence-corrected chi connectivity index (χ4v) is 9.29. The third-order valence-electron chi connectivity index (χ3n) is 8.83. The number of hydrogen-bond acceptors (Lipinski definition) is 10. The lowest BCUT2D eigenvalue weighted by atomic mass is 9.82. The third kappa shape index (κ3) is 3.01. The Morgan fingerprint density at radius 1 is 0.690 bits per heavy atom.